The van der Waals surface area contributed by atoms with Crippen molar-refractivity contribution in [2.45, 2.75) is 24.4 Å². The Morgan fingerprint density at radius 3 is 2.50 bits per heavy atom. The Balaban J connectivity index is 2.08. The molecule has 0 spiro atoms. The van der Waals surface area contributed by atoms with Gasteiger partial charge in [0.25, 0.3) is 11.9 Å². The number of carbonyl (C=O) groups excluding carboxylic acids is 1. The van der Waals surface area contributed by atoms with Crippen LogP contribution in [0, 0.1) is 0 Å². The minimum Gasteiger partial charge on any atom is -0.448 e. The summed E-state index contributed by atoms with van der Waals surface area (Å²) in [4.78, 5) is 15.7. The lowest BCUT2D eigenvalue weighted by Crippen LogP contribution is -2.48. The highest BCUT2D eigenvalue weighted by molar-refractivity contribution is 6.30. The van der Waals surface area contributed by atoms with Gasteiger partial charge in [-0.15, -0.1) is 0 Å². The Morgan fingerprint density at radius 2 is 1.91 bits per heavy atom. The molecule has 22 heavy (non-hydrogen) atoms. The van der Waals surface area contributed by atoms with Crippen molar-refractivity contribution in [2.75, 3.05) is 6.61 Å². The van der Waals surface area contributed by atoms with Gasteiger partial charge in [-0.05, 0) is 24.3 Å². The van der Waals surface area contributed by atoms with Crippen molar-refractivity contribution in [1.29, 1.82) is 0 Å². The fourth-order valence-electron chi connectivity index (χ4n) is 1.81. The zero-order valence-electron chi connectivity index (χ0n) is 11.3. The lowest BCUT2D eigenvalue weighted by Gasteiger charge is -2.23. The fourth-order valence-corrected chi connectivity index (χ4v) is 1.93. The van der Waals surface area contributed by atoms with Gasteiger partial charge in [0.15, 0.2) is 0 Å². The lowest BCUT2D eigenvalue weighted by molar-refractivity contribution is -0.139. The maximum Gasteiger partial charge on any atom is 0.297 e. The van der Waals surface area contributed by atoms with E-state index in [0.717, 1.165) is 0 Å². The molecule has 1 aromatic carbocycles. The summed E-state index contributed by atoms with van der Waals surface area (Å²) in [5.74, 6) is -0.718. The van der Waals surface area contributed by atoms with E-state index in [9.17, 15) is 20.1 Å². The molecule has 8 nitrogen and oxygen atoms in total. The second-order valence-corrected chi connectivity index (χ2v) is 5.09. The van der Waals surface area contributed by atoms with Crippen molar-refractivity contribution in [3.8, 4) is 0 Å². The molecule has 1 fully saturated rings. The first-order chi connectivity index (χ1) is 10.4. The van der Waals surface area contributed by atoms with Crippen LogP contribution in [0.3, 0.4) is 0 Å². The van der Waals surface area contributed by atoms with E-state index < -0.39 is 36.9 Å². The number of ether oxygens (including phenoxy) is 1. The zero-order valence-corrected chi connectivity index (χ0v) is 12.0. The molecule has 1 saturated heterocycles. The Kier molecular flexibility index (Phi) is 5.33. The van der Waals surface area contributed by atoms with Crippen LogP contribution in [-0.4, -0.2) is 63.4 Å². The number of benzene rings is 1. The van der Waals surface area contributed by atoms with Gasteiger partial charge < -0.3 is 25.2 Å². The lowest BCUT2D eigenvalue weighted by atomic mass is 10.0. The number of hydrogen-bond acceptors (Lipinski definition) is 7. The second kappa shape index (κ2) is 7.03. The number of amides is 1. The maximum absolute atomic E-state index is 11.7. The SMILES string of the molecule is O=C1NC(=Nc2ccc(Cl)cc2)O[C@@H]1[C@@H](O)[C@H](O)[C@H](O)CO. The molecule has 0 aliphatic carbocycles. The second-order valence-electron chi connectivity index (χ2n) is 4.65. The number of amidine groups is 1. The smallest absolute Gasteiger partial charge is 0.297 e. The summed E-state index contributed by atoms with van der Waals surface area (Å²) in [5, 5.41) is 40.3. The molecule has 4 atom stereocenters. The quantitative estimate of drug-likeness (QED) is 0.466. The topological polar surface area (TPSA) is 132 Å². The summed E-state index contributed by atoms with van der Waals surface area (Å²) in [7, 11) is 0. The summed E-state index contributed by atoms with van der Waals surface area (Å²) >= 11 is 5.74. The molecule has 1 amide bonds. The summed E-state index contributed by atoms with van der Waals surface area (Å²) in [6, 6.07) is 6.25. The van der Waals surface area contributed by atoms with Crippen molar-refractivity contribution >= 4 is 29.2 Å². The van der Waals surface area contributed by atoms with Crippen molar-refractivity contribution in [1.82, 2.24) is 5.32 Å². The highest BCUT2D eigenvalue weighted by atomic mass is 35.5. The van der Waals surface area contributed by atoms with Gasteiger partial charge in [0.05, 0.1) is 12.3 Å². The van der Waals surface area contributed by atoms with Crippen molar-refractivity contribution < 1.29 is 30.0 Å². The number of aliphatic imine (C=N–C) groups is 1. The Morgan fingerprint density at radius 1 is 1.27 bits per heavy atom. The first kappa shape index (κ1) is 16.7. The summed E-state index contributed by atoms with van der Waals surface area (Å²) < 4.78 is 5.14. The van der Waals surface area contributed by atoms with E-state index in [0.29, 0.717) is 10.7 Å². The molecular formula is C13H15ClN2O6. The number of rotatable bonds is 5. The van der Waals surface area contributed by atoms with E-state index in [1.54, 1.807) is 24.3 Å². The Bertz CT molecular complexity index is 564. The van der Waals surface area contributed by atoms with Gasteiger partial charge in [-0.2, -0.15) is 4.99 Å². The summed E-state index contributed by atoms with van der Waals surface area (Å²) in [6.07, 6.45) is -6.50. The first-order valence-corrected chi connectivity index (χ1v) is 6.77. The molecule has 9 heteroatoms. The van der Waals surface area contributed by atoms with Gasteiger partial charge in [-0.3, -0.25) is 10.1 Å². The molecule has 1 aliphatic rings. The van der Waals surface area contributed by atoms with E-state index in [2.05, 4.69) is 10.3 Å². The number of carbonyl (C=O) groups is 1. The van der Waals surface area contributed by atoms with Gasteiger partial charge in [0.1, 0.15) is 18.3 Å². The Hall–Kier alpha value is -1.71. The van der Waals surface area contributed by atoms with E-state index in [4.69, 9.17) is 21.4 Å². The largest absolute Gasteiger partial charge is 0.448 e. The van der Waals surface area contributed by atoms with Crippen LogP contribution in [0.5, 0.6) is 0 Å². The molecule has 1 aromatic rings. The summed E-state index contributed by atoms with van der Waals surface area (Å²) in [5.41, 5.74) is 0.464. The van der Waals surface area contributed by atoms with E-state index >= 15 is 0 Å². The van der Waals surface area contributed by atoms with E-state index in [1.165, 1.54) is 0 Å². The van der Waals surface area contributed by atoms with Crippen molar-refractivity contribution in [3.63, 3.8) is 0 Å². The molecule has 2 rings (SSSR count). The molecule has 1 aliphatic heterocycles. The molecule has 0 aromatic heterocycles. The molecular weight excluding hydrogens is 316 g/mol. The number of nitrogens with zero attached hydrogens (tertiary/aromatic N) is 1. The molecule has 120 valence electrons. The predicted octanol–water partition coefficient (Wildman–Crippen LogP) is -1.08. The van der Waals surface area contributed by atoms with Gasteiger partial charge in [-0.25, -0.2) is 0 Å². The minimum absolute atomic E-state index is 0.151. The van der Waals surface area contributed by atoms with Crippen molar-refractivity contribution in [2.24, 2.45) is 4.99 Å². The maximum atomic E-state index is 11.7. The van der Waals surface area contributed by atoms with Gasteiger partial charge in [0.2, 0.25) is 6.10 Å². The fraction of sp³-hybridized carbons (Fsp3) is 0.385. The van der Waals surface area contributed by atoms with Crippen LogP contribution in [0.15, 0.2) is 29.3 Å². The monoisotopic (exact) mass is 330 g/mol. The number of aliphatic hydroxyl groups excluding tert-OH is 4. The third-order valence-electron chi connectivity index (χ3n) is 3.03. The molecule has 5 N–H and O–H groups in total. The van der Waals surface area contributed by atoms with Crippen LogP contribution < -0.4 is 5.32 Å². The highest BCUT2D eigenvalue weighted by Crippen LogP contribution is 2.19. The third kappa shape index (κ3) is 3.73. The number of aliphatic hydroxyl groups is 4. The summed E-state index contributed by atoms with van der Waals surface area (Å²) in [6.45, 7) is -0.766. The van der Waals surface area contributed by atoms with Gasteiger partial charge in [0, 0.05) is 5.02 Å². The average Bonchev–Trinajstić information content (AvgIpc) is 2.87. The van der Waals surface area contributed by atoms with Crippen LogP contribution in [0.4, 0.5) is 5.69 Å². The predicted molar refractivity (Wildman–Crippen MR) is 76.7 cm³/mol. The van der Waals surface area contributed by atoms with Gasteiger partial charge in [-0.1, -0.05) is 11.6 Å². The first-order valence-electron chi connectivity index (χ1n) is 6.39. The molecule has 0 saturated carbocycles. The number of nitrogens with one attached hydrogen (secondary N) is 1. The van der Waals surface area contributed by atoms with Crippen LogP contribution in [0.25, 0.3) is 0 Å². The van der Waals surface area contributed by atoms with E-state index in [-0.39, 0.29) is 6.02 Å². The highest BCUT2D eigenvalue weighted by Gasteiger charge is 2.42. The third-order valence-corrected chi connectivity index (χ3v) is 3.28. The van der Waals surface area contributed by atoms with Crippen LogP contribution in [-0.2, 0) is 9.53 Å². The molecule has 0 radical (unpaired) electrons. The van der Waals surface area contributed by atoms with Crippen molar-refractivity contribution in [3.05, 3.63) is 29.3 Å². The average molecular weight is 331 g/mol. The zero-order chi connectivity index (χ0) is 16.3. The number of halogens is 1. The van der Waals surface area contributed by atoms with Crippen LogP contribution >= 0.6 is 11.6 Å². The minimum atomic E-state index is -1.74. The van der Waals surface area contributed by atoms with Crippen LogP contribution in [0.1, 0.15) is 0 Å². The standard InChI is InChI=1S/C13H15ClN2O6/c14-6-1-3-7(4-2-6)15-13-16-12(21)11(22-13)10(20)9(19)8(18)5-17/h1-4,8-11,17-20H,5H2,(H,15,16,21)/t8-,9-,10+,11-/m1/s1. The Labute approximate surface area is 130 Å². The molecule has 0 unspecified atom stereocenters. The normalized spacial score (nSPS) is 23.8. The number of hydrogen-bond donors (Lipinski definition) is 5. The molecule has 1 heterocycles. The molecule has 0 bridgehead atoms. The van der Waals surface area contributed by atoms with E-state index in [1.807, 2.05) is 0 Å². The van der Waals surface area contributed by atoms with Crippen LogP contribution in [0.2, 0.25) is 5.02 Å². The van der Waals surface area contributed by atoms with Gasteiger partial charge >= 0.3 is 0 Å².